The van der Waals surface area contributed by atoms with Crippen LogP contribution in [-0.2, 0) is 19.6 Å². The first-order valence-corrected chi connectivity index (χ1v) is 12.2. The topological polar surface area (TPSA) is 96.0 Å². The fourth-order valence-electron chi connectivity index (χ4n) is 4.14. The maximum Gasteiger partial charge on any atom is 0.243 e. The van der Waals surface area contributed by atoms with Crippen LogP contribution in [0.5, 0.6) is 5.75 Å². The fourth-order valence-corrected chi connectivity index (χ4v) is 5.71. The number of benzene rings is 2. The predicted octanol–water partition coefficient (Wildman–Crippen LogP) is 2.86. The van der Waals surface area contributed by atoms with E-state index < -0.39 is 15.9 Å². The van der Waals surface area contributed by atoms with Crippen LogP contribution in [0.2, 0.25) is 0 Å². The molecule has 2 fully saturated rings. The Balaban J connectivity index is 1.45. The molecule has 0 saturated carbocycles. The number of amides is 2. The molecule has 8 nitrogen and oxygen atoms in total. The van der Waals surface area contributed by atoms with Crippen LogP contribution in [0.3, 0.4) is 0 Å². The summed E-state index contributed by atoms with van der Waals surface area (Å²) in [4.78, 5) is 27.1. The number of sulfonamides is 1. The van der Waals surface area contributed by atoms with E-state index in [2.05, 4.69) is 5.32 Å². The lowest BCUT2D eigenvalue weighted by molar-refractivity contribution is -0.122. The second-order valence-corrected chi connectivity index (χ2v) is 10.0. The molecular formula is C23H27N3O5S. The highest BCUT2D eigenvalue weighted by Gasteiger charge is 2.35. The van der Waals surface area contributed by atoms with Gasteiger partial charge in [0.2, 0.25) is 21.8 Å². The highest BCUT2D eigenvalue weighted by atomic mass is 32.2. The zero-order chi connectivity index (χ0) is 22.7. The molecule has 32 heavy (non-hydrogen) atoms. The zero-order valence-corrected chi connectivity index (χ0v) is 18.8. The van der Waals surface area contributed by atoms with Crippen molar-refractivity contribution in [1.29, 1.82) is 0 Å². The summed E-state index contributed by atoms with van der Waals surface area (Å²) in [5.41, 5.74) is 1.08. The van der Waals surface area contributed by atoms with E-state index in [1.807, 2.05) is 0 Å². The van der Waals surface area contributed by atoms with Gasteiger partial charge in [0.05, 0.1) is 17.9 Å². The number of carbonyl (C=O) groups is 2. The normalized spacial score (nSPS) is 19.7. The number of nitrogens with one attached hydrogen (secondary N) is 1. The van der Waals surface area contributed by atoms with Crippen molar-refractivity contribution < 1.29 is 22.7 Å². The summed E-state index contributed by atoms with van der Waals surface area (Å²) in [5, 5.41) is 2.79. The lowest BCUT2D eigenvalue weighted by Crippen LogP contribution is -2.35. The molecule has 2 saturated heterocycles. The molecule has 0 spiro atoms. The van der Waals surface area contributed by atoms with Crippen molar-refractivity contribution in [3.05, 3.63) is 48.5 Å². The van der Waals surface area contributed by atoms with Crippen molar-refractivity contribution in [2.75, 3.05) is 37.0 Å². The van der Waals surface area contributed by atoms with Gasteiger partial charge in [-0.15, -0.1) is 0 Å². The van der Waals surface area contributed by atoms with Gasteiger partial charge in [-0.1, -0.05) is 18.6 Å². The first kappa shape index (κ1) is 22.3. The maximum absolute atomic E-state index is 12.9. The van der Waals surface area contributed by atoms with Crippen molar-refractivity contribution in [2.45, 2.75) is 30.6 Å². The van der Waals surface area contributed by atoms with Crippen LogP contribution in [0.4, 0.5) is 11.4 Å². The minimum Gasteiger partial charge on any atom is -0.497 e. The summed E-state index contributed by atoms with van der Waals surface area (Å²) in [7, 11) is -2.04. The van der Waals surface area contributed by atoms with Crippen LogP contribution in [-0.4, -0.2) is 51.3 Å². The van der Waals surface area contributed by atoms with Gasteiger partial charge < -0.3 is 15.0 Å². The number of rotatable bonds is 6. The third-order valence-corrected chi connectivity index (χ3v) is 7.81. The van der Waals surface area contributed by atoms with E-state index in [0.717, 1.165) is 19.3 Å². The number of piperidine rings is 1. The number of methoxy groups -OCH3 is 1. The van der Waals surface area contributed by atoms with Crippen molar-refractivity contribution >= 4 is 33.2 Å². The Morgan fingerprint density at radius 2 is 1.81 bits per heavy atom. The summed E-state index contributed by atoms with van der Waals surface area (Å²) >= 11 is 0. The number of hydrogen-bond donors (Lipinski definition) is 1. The number of carbonyl (C=O) groups excluding carboxylic acids is 2. The van der Waals surface area contributed by atoms with Gasteiger partial charge in [-0.3, -0.25) is 9.59 Å². The smallest absolute Gasteiger partial charge is 0.243 e. The van der Waals surface area contributed by atoms with Crippen LogP contribution in [0.25, 0.3) is 0 Å². The second kappa shape index (κ2) is 9.30. The Kier molecular flexibility index (Phi) is 6.48. The minimum atomic E-state index is -3.59. The molecule has 2 aliphatic heterocycles. The van der Waals surface area contributed by atoms with Crippen molar-refractivity contribution in [2.24, 2.45) is 5.92 Å². The molecule has 2 aromatic carbocycles. The SMILES string of the molecule is COc1cccc(N2C[C@H](C(=O)Nc3cccc(S(=O)(=O)N4CCCCC4)c3)CC2=O)c1. The summed E-state index contributed by atoms with van der Waals surface area (Å²) in [6, 6.07) is 13.4. The predicted molar refractivity (Wildman–Crippen MR) is 121 cm³/mol. The van der Waals surface area contributed by atoms with Gasteiger partial charge in [0, 0.05) is 43.5 Å². The molecule has 2 heterocycles. The van der Waals surface area contributed by atoms with Crippen LogP contribution >= 0.6 is 0 Å². The molecule has 2 aromatic rings. The molecule has 170 valence electrons. The Bertz CT molecular complexity index is 1110. The highest BCUT2D eigenvalue weighted by molar-refractivity contribution is 7.89. The van der Waals surface area contributed by atoms with Crippen LogP contribution < -0.4 is 15.0 Å². The van der Waals surface area contributed by atoms with Gasteiger partial charge in [-0.05, 0) is 43.2 Å². The van der Waals surface area contributed by atoms with E-state index in [4.69, 9.17) is 4.74 Å². The van der Waals surface area contributed by atoms with E-state index in [1.54, 1.807) is 54.5 Å². The van der Waals surface area contributed by atoms with Crippen molar-refractivity contribution in [3.8, 4) is 5.75 Å². The quantitative estimate of drug-likeness (QED) is 0.720. The Morgan fingerprint density at radius 3 is 2.56 bits per heavy atom. The zero-order valence-electron chi connectivity index (χ0n) is 18.0. The number of nitrogens with zero attached hydrogens (tertiary/aromatic N) is 2. The standard InChI is InChI=1S/C23H27N3O5S/c1-31-20-9-6-8-19(15-20)26-16-17(13-22(26)27)23(28)24-18-7-5-10-21(14-18)32(29,30)25-11-3-2-4-12-25/h5-10,14-15,17H,2-4,11-13,16H2,1H3,(H,24,28)/t17-/m1/s1. The average Bonchev–Trinajstić information content (AvgIpc) is 3.21. The van der Waals surface area contributed by atoms with Gasteiger partial charge in [-0.25, -0.2) is 8.42 Å². The molecule has 1 N–H and O–H groups in total. The number of anilines is 2. The molecule has 9 heteroatoms. The third kappa shape index (κ3) is 4.63. The van der Waals surface area contributed by atoms with Crippen molar-refractivity contribution in [3.63, 3.8) is 0 Å². The molecule has 2 aliphatic rings. The van der Waals surface area contributed by atoms with E-state index in [0.29, 0.717) is 30.2 Å². The molecule has 4 rings (SSSR count). The summed E-state index contributed by atoms with van der Waals surface area (Å²) in [5.74, 6) is -0.345. The number of ether oxygens (including phenoxy) is 1. The fraction of sp³-hybridized carbons (Fsp3) is 0.391. The Hall–Kier alpha value is -2.91. The van der Waals surface area contributed by atoms with Gasteiger partial charge in [0.1, 0.15) is 5.75 Å². The summed E-state index contributed by atoms with van der Waals surface area (Å²) in [6.45, 7) is 1.29. The second-order valence-electron chi connectivity index (χ2n) is 8.09. The van der Waals surface area contributed by atoms with Crippen LogP contribution in [0, 0.1) is 5.92 Å². The molecule has 0 radical (unpaired) electrons. The van der Waals surface area contributed by atoms with Gasteiger partial charge in [0.25, 0.3) is 0 Å². The maximum atomic E-state index is 12.9. The summed E-state index contributed by atoms with van der Waals surface area (Å²) in [6.07, 6.45) is 2.84. The minimum absolute atomic E-state index is 0.0921. The first-order chi connectivity index (χ1) is 15.4. The lowest BCUT2D eigenvalue weighted by Gasteiger charge is -2.26. The third-order valence-electron chi connectivity index (χ3n) is 5.92. The molecule has 1 atom stereocenters. The molecule has 2 amide bonds. The van der Waals surface area contributed by atoms with E-state index in [-0.39, 0.29) is 29.7 Å². The lowest BCUT2D eigenvalue weighted by atomic mass is 10.1. The van der Waals surface area contributed by atoms with Crippen molar-refractivity contribution in [1.82, 2.24) is 4.31 Å². The Labute approximate surface area is 188 Å². The molecular weight excluding hydrogens is 430 g/mol. The monoisotopic (exact) mass is 457 g/mol. The molecule has 0 bridgehead atoms. The van der Waals surface area contributed by atoms with Crippen LogP contribution in [0.1, 0.15) is 25.7 Å². The van der Waals surface area contributed by atoms with Gasteiger partial charge in [-0.2, -0.15) is 4.31 Å². The average molecular weight is 458 g/mol. The molecule has 0 unspecified atom stereocenters. The largest absolute Gasteiger partial charge is 0.497 e. The molecule has 0 aliphatic carbocycles. The van der Waals surface area contributed by atoms with E-state index >= 15 is 0 Å². The van der Waals surface area contributed by atoms with Gasteiger partial charge in [0.15, 0.2) is 0 Å². The Morgan fingerprint density at radius 1 is 1.06 bits per heavy atom. The van der Waals surface area contributed by atoms with E-state index in [1.165, 1.54) is 10.4 Å². The molecule has 0 aromatic heterocycles. The van der Waals surface area contributed by atoms with Crippen LogP contribution in [0.15, 0.2) is 53.4 Å². The van der Waals surface area contributed by atoms with Gasteiger partial charge >= 0.3 is 0 Å². The number of hydrogen-bond acceptors (Lipinski definition) is 5. The summed E-state index contributed by atoms with van der Waals surface area (Å²) < 4.78 is 32.6. The van der Waals surface area contributed by atoms with E-state index in [9.17, 15) is 18.0 Å². The first-order valence-electron chi connectivity index (χ1n) is 10.7. The highest BCUT2D eigenvalue weighted by Crippen LogP contribution is 2.29.